The minimum Gasteiger partial charge on any atom is -0.367 e. The summed E-state index contributed by atoms with van der Waals surface area (Å²) in [5, 5.41) is 3.56. The molecule has 0 saturated heterocycles. The van der Waals surface area contributed by atoms with Crippen LogP contribution >= 0.6 is 11.6 Å². The topological polar surface area (TPSA) is 54.9 Å². The molecule has 0 aromatic carbocycles. The maximum absolute atomic E-state index is 11.0. The number of nitrogens with zero attached hydrogens (tertiary/aromatic N) is 2. The first-order valence-electron chi connectivity index (χ1n) is 6.36. The summed E-state index contributed by atoms with van der Waals surface area (Å²) < 4.78 is 0. The fraction of sp³-hybridized carbons (Fsp3) is 0.615. The minimum absolute atomic E-state index is 0.226. The number of aryl methyl sites for hydroxylation is 1. The summed E-state index contributed by atoms with van der Waals surface area (Å²) in [6.07, 6.45) is 5.37. The molecule has 0 amide bonds. The molecule has 1 aromatic rings. The Morgan fingerprint density at radius 2 is 1.94 bits per heavy atom. The predicted octanol–water partition coefficient (Wildman–Crippen LogP) is 3.24. The highest BCUT2D eigenvalue weighted by molar-refractivity contribution is 6.32. The molecule has 1 N–H and O–H groups in total. The van der Waals surface area contributed by atoms with Gasteiger partial charge >= 0.3 is 0 Å². The molecule has 0 atom stereocenters. The van der Waals surface area contributed by atoms with Crippen LogP contribution in [0.3, 0.4) is 0 Å². The van der Waals surface area contributed by atoms with Crippen LogP contribution in [0.15, 0.2) is 0 Å². The SMILES string of the molecule is Cc1nc(Cl)c(C=O)c(NC2CCC(C)CC2)n1. The molecule has 1 heterocycles. The molecule has 0 spiro atoms. The number of halogens is 1. The van der Waals surface area contributed by atoms with Crippen molar-refractivity contribution in [1.82, 2.24) is 9.97 Å². The van der Waals surface area contributed by atoms with E-state index in [2.05, 4.69) is 22.2 Å². The average Bonchev–Trinajstić information content (AvgIpc) is 2.32. The van der Waals surface area contributed by atoms with E-state index in [0.717, 1.165) is 25.0 Å². The number of hydrogen-bond donors (Lipinski definition) is 1. The number of rotatable bonds is 3. The van der Waals surface area contributed by atoms with Gasteiger partial charge in [-0.05, 0) is 38.5 Å². The van der Waals surface area contributed by atoms with Crippen LogP contribution < -0.4 is 5.32 Å². The Kier molecular flexibility index (Phi) is 4.17. The highest BCUT2D eigenvalue weighted by Gasteiger charge is 2.20. The zero-order valence-corrected chi connectivity index (χ0v) is 11.5. The third-order valence-corrected chi connectivity index (χ3v) is 3.77. The Hall–Kier alpha value is -1.16. The van der Waals surface area contributed by atoms with Crippen molar-refractivity contribution in [2.45, 2.75) is 45.6 Å². The molecule has 18 heavy (non-hydrogen) atoms. The average molecular weight is 268 g/mol. The van der Waals surface area contributed by atoms with E-state index >= 15 is 0 Å². The van der Waals surface area contributed by atoms with Gasteiger partial charge < -0.3 is 5.32 Å². The number of hydrogen-bond acceptors (Lipinski definition) is 4. The van der Waals surface area contributed by atoms with Crippen molar-refractivity contribution in [2.75, 3.05) is 5.32 Å². The molecule has 1 saturated carbocycles. The van der Waals surface area contributed by atoms with E-state index in [-0.39, 0.29) is 5.15 Å². The zero-order chi connectivity index (χ0) is 13.1. The van der Waals surface area contributed by atoms with E-state index in [9.17, 15) is 4.79 Å². The molecule has 0 radical (unpaired) electrons. The van der Waals surface area contributed by atoms with Crippen LogP contribution in [0.2, 0.25) is 5.15 Å². The van der Waals surface area contributed by atoms with Gasteiger partial charge in [-0.1, -0.05) is 18.5 Å². The normalized spacial score (nSPS) is 23.7. The third kappa shape index (κ3) is 2.99. The number of nitrogens with one attached hydrogen (secondary N) is 1. The number of carbonyl (C=O) groups is 1. The maximum atomic E-state index is 11.0. The molecule has 0 bridgehead atoms. The summed E-state index contributed by atoms with van der Waals surface area (Å²) in [7, 11) is 0. The maximum Gasteiger partial charge on any atom is 0.156 e. The van der Waals surface area contributed by atoms with Crippen molar-refractivity contribution >= 4 is 23.7 Å². The van der Waals surface area contributed by atoms with Crippen molar-refractivity contribution in [2.24, 2.45) is 5.92 Å². The van der Waals surface area contributed by atoms with Crippen molar-refractivity contribution < 1.29 is 4.79 Å². The van der Waals surface area contributed by atoms with Crippen molar-refractivity contribution in [3.8, 4) is 0 Å². The lowest BCUT2D eigenvalue weighted by Crippen LogP contribution is -2.26. The predicted molar refractivity (Wildman–Crippen MR) is 72.2 cm³/mol. The second kappa shape index (κ2) is 5.65. The van der Waals surface area contributed by atoms with Crippen LogP contribution in [-0.2, 0) is 0 Å². The second-order valence-corrected chi connectivity index (χ2v) is 5.40. The number of aldehydes is 1. The van der Waals surface area contributed by atoms with Crippen LogP contribution in [0, 0.1) is 12.8 Å². The number of anilines is 1. The van der Waals surface area contributed by atoms with Crippen molar-refractivity contribution in [3.63, 3.8) is 0 Å². The lowest BCUT2D eigenvalue weighted by molar-refractivity contribution is 0.112. The third-order valence-electron chi connectivity index (χ3n) is 3.49. The Labute approximate surface area is 112 Å². The first-order chi connectivity index (χ1) is 8.60. The van der Waals surface area contributed by atoms with Gasteiger partial charge in [0.1, 0.15) is 16.8 Å². The Morgan fingerprint density at radius 3 is 2.56 bits per heavy atom. The van der Waals surface area contributed by atoms with Crippen LogP contribution in [-0.4, -0.2) is 22.3 Å². The van der Waals surface area contributed by atoms with Crippen LogP contribution in [0.1, 0.15) is 48.8 Å². The smallest absolute Gasteiger partial charge is 0.156 e. The van der Waals surface area contributed by atoms with E-state index in [0.29, 0.717) is 23.2 Å². The highest BCUT2D eigenvalue weighted by atomic mass is 35.5. The van der Waals surface area contributed by atoms with Crippen molar-refractivity contribution in [1.29, 1.82) is 0 Å². The molecular formula is C13H18ClN3O. The van der Waals surface area contributed by atoms with Gasteiger partial charge in [0.05, 0.1) is 5.56 Å². The fourth-order valence-electron chi connectivity index (χ4n) is 2.36. The molecule has 1 aromatic heterocycles. The van der Waals surface area contributed by atoms with Crippen LogP contribution in [0.4, 0.5) is 5.82 Å². The summed E-state index contributed by atoms with van der Waals surface area (Å²) in [6.45, 7) is 4.05. The van der Waals surface area contributed by atoms with E-state index in [1.54, 1.807) is 6.92 Å². The quantitative estimate of drug-likeness (QED) is 0.675. The van der Waals surface area contributed by atoms with Crippen LogP contribution in [0.25, 0.3) is 0 Å². The van der Waals surface area contributed by atoms with Gasteiger partial charge in [-0.3, -0.25) is 4.79 Å². The lowest BCUT2D eigenvalue weighted by Gasteiger charge is -2.27. The number of aromatic nitrogens is 2. The molecule has 0 unspecified atom stereocenters. The fourth-order valence-corrected chi connectivity index (χ4v) is 2.62. The molecule has 2 rings (SSSR count). The summed E-state index contributed by atoms with van der Waals surface area (Å²) in [4.78, 5) is 19.3. The van der Waals surface area contributed by atoms with E-state index < -0.39 is 0 Å². The van der Waals surface area contributed by atoms with E-state index in [1.807, 2.05) is 0 Å². The molecule has 4 nitrogen and oxygen atoms in total. The van der Waals surface area contributed by atoms with Gasteiger partial charge in [0.25, 0.3) is 0 Å². The van der Waals surface area contributed by atoms with Gasteiger partial charge in [0.15, 0.2) is 6.29 Å². The first-order valence-corrected chi connectivity index (χ1v) is 6.73. The van der Waals surface area contributed by atoms with E-state index in [1.165, 1.54) is 12.8 Å². The molecule has 0 aliphatic heterocycles. The van der Waals surface area contributed by atoms with Gasteiger partial charge in [0, 0.05) is 6.04 Å². The largest absolute Gasteiger partial charge is 0.367 e. The zero-order valence-electron chi connectivity index (χ0n) is 10.7. The molecular weight excluding hydrogens is 250 g/mol. The molecule has 5 heteroatoms. The first kappa shape index (κ1) is 13.3. The molecule has 1 aliphatic carbocycles. The number of carbonyl (C=O) groups excluding carboxylic acids is 1. The lowest BCUT2D eigenvalue weighted by atomic mass is 9.87. The minimum atomic E-state index is 0.226. The summed E-state index contributed by atoms with van der Waals surface area (Å²) >= 11 is 5.95. The van der Waals surface area contributed by atoms with Gasteiger partial charge in [-0.2, -0.15) is 0 Å². The summed E-state index contributed by atoms with van der Waals surface area (Å²) in [6, 6.07) is 0.380. The molecule has 1 aliphatic rings. The Bertz CT molecular complexity index is 442. The van der Waals surface area contributed by atoms with Crippen LogP contribution in [0.5, 0.6) is 0 Å². The van der Waals surface area contributed by atoms with Gasteiger partial charge in [-0.15, -0.1) is 0 Å². The highest BCUT2D eigenvalue weighted by Crippen LogP contribution is 2.27. The second-order valence-electron chi connectivity index (χ2n) is 5.04. The molecule has 98 valence electrons. The van der Waals surface area contributed by atoms with Crippen molar-refractivity contribution in [3.05, 3.63) is 16.5 Å². The van der Waals surface area contributed by atoms with Gasteiger partial charge in [-0.25, -0.2) is 9.97 Å². The Balaban J connectivity index is 2.15. The monoisotopic (exact) mass is 267 g/mol. The summed E-state index contributed by atoms with van der Waals surface area (Å²) in [5.74, 6) is 1.95. The standard InChI is InChI=1S/C13H18ClN3O/c1-8-3-5-10(6-4-8)17-13-11(7-18)12(14)15-9(2)16-13/h7-8,10H,3-6H2,1-2H3,(H,15,16,17). The Morgan fingerprint density at radius 1 is 1.28 bits per heavy atom. The van der Waals surface area contributed by atoms with Gasteiger partial charge in [0.2, 0.25) is 0 Å². The van der Waals surface area contributed by atoms with E-state index in [4.69, 9.17) is 11.6 Å². The molecule has 1 fully saturated rings. The summed E-state index contributed by atoms with van der Waals surface area (Å²) in [5.41, 5.74) is 0.362.